The van der Waals surface area contributed by atoms with Crippen LogP contribution in [0.3, 0.4) is 0 Å². The van der Waals surface area contributed by atoms with Crippen molar-refractivity contribution in [3.63, 3.8) is 0 Å². The van der Waals surface area contributed by atoms with Crippen LogP contribution in [-0.4, -0.2) is 0 Å². The monoisotopic (exact) mass is 362 g/mol. The molecule has 0 aromatic heterocycles. The minimum absolute atomic E-state index is 0.612. The first-order chi connectivity index (χ1) is 13.3. The molecule has 1 aromatic rings. The van der Waals surface area contributed by atoms with Crippen molar-refractivity contribution in [3.05, 3.63) is 47.5 Å². The Balaban J connectivity index is 1.41. The average molecular weight is 363 g/mol. The van der Waals surface area contributed by atoms with Crippen LogP contribution in [0.15, 0.2) is 36.4 Å². The van der Waals surface area contributed by atoms with Gasteiger partial charge in [0.1, 0.15) is 0 Å². The summed E-state index contributed by atoms with van der Waals surface area (Å²) in [4.78, 5) is 0. The highest BCUT2D eigenvalue weighted by Gasteiger charge is 2.21. The van der Waals surface area contributed by atoms with E-state index in [1.165, 1.54) is 76.2 Å². The van der Waals surface area contributed by atoms with Crippen LogP contribution in [0, 0.1) is 29.6 Å². The highest BCUT2D eigenvalue weighted by molar-refractivity contribution is 5.26. The van der Waals surface area contributed by atoms with Crippen LogP contribution in [0.5, 0.6) is 0 Å². The van der Waals surface area contributed by atoms with Crippen molar-refractivity contribution in [1.29, 1.82) is 0 Å². The normalized spacial score (nSPS) is 28.7. The Labute approximate surface area is 167 Å². The standard InChI is InChI=1S/C27H38/c1-3-7-23-14-18-26(19-15-23)27-20-16-25(17-21-27)9-6-5-8-24-12-10-22(4-2)11-13-24/h5,8,14-15,18-19,22,24-25,27H,3-4,7,10-13,16-17,20-21H2,1-2H3/b8-5+. The molecule has 0 nitrogen and oxygen atoms in total. The number of hydrogen-bond acceptors (Lipinski definition) is 0. The molecule has 0 bridgehead atoms. The Morgan fingerprint density at radius 2 is 1.59 bits per heavy atom. The van der Waals surface area contributed by atoms with Crippen LogP contribution in [-0.2, 0) is 6.42 Å². The zero-order valence-corrected chi connectivity index (χ0v) is 17.6. The Morgan fingerprint density at radius 3 is 2.22 bits per heavy atom. The molecule has 0 amide bonds. The predicted octanol–water partition coefficient (Wildman–Crippen LogP) is 7.69. The van der Waals surface area contributed by atoms with Crippen LogP contribution >= 0.6 is 0 Å². The molecule has 146 valence electrons. The van der Waals surface area contributed by atoms with Crippen LogP contribution in [0.4, 0.5) is 0 Å². The van der Waals surface area contributed by atoms with Gasteiger partial charge in [-0.2, -0.15) is 0 Å². The quantitative estimate of drug-likeness (QED) is 0.471. The van der Waals surface area contributed by atoms with E-state index >= 15 is 0 Å². The average Bonchev–Trinajstić information content (AvgIpc) is 2.73. The lowest BCUT2D eigenvalue weighted by Gasteiger charge is -2.26. The molecule has 2 aliphatic carbocycles. The maximum atomic E-state index is 3.54. The molecule has 2 saturated carbocycles. The maximum absolute atomic E-state index is 3.54. The van der Waals surface area contributed by atoms with Crippen LogP contribution in [0.1, 0.15) is 95.1 Å². The molecular weight excluding hydrogens is 324 g/mol. The second-order valence-corrected chi connectivity index (χ2v) is 8.88. The molecule has 2 aliphatic rings. The summed E-state index contributed by atoms with van der Waals surface area (Å²) in [5, 5.41) is 0. The van der Waals surface area contributed by atoms with E-state index in [1.807, 2.05) is 0 Å². The minimum atomic E-state index is 0.612. The first-order valence-electron chi connectivity index (χ1n) is 11.5. The zero-order valence-electron chi connectivity index (χ0n) is 17.6. The molecule has 0 aliphatic heterocycles. The fourth-order valence-electron chi connectivity index (χ4n) is 4.96. The summed E-state index contributed by atoms with van der Waals surface area (Å²) in [5.41, 5.74) is 3.03. The van der Waals surface area contributed by atoms with Crippen LogP contribution in [0.2, 0.25) is 0 Å². The van der Waals surface area contributed by atoms with Gasteiger partial charge in [0.05, 0.1) is 0 Å². The number of rotatable bonds is 5. The van der Waals surface area contributed by atoms with Gasteiger partial charge in [-0.05, 0) is 92.7 Å². The number of allylic oxidation sites excluding steroid dienone is 2. The Bertz CT molecular complexity index is 623. The van der Waals surface area contributed by atoms with Gasteiger partial charge >= 0.3 is 0 Å². The summed E-state index contributed by atoms with van der Waals surface area (Å²) < 4.78 is 0. The Kier molecular flexibility index (Phi) is 8.07. The number of hydrogen-bond donors (Lipinski definition) is 0. The molecule has 0 saturated heterocycles. The Hall–Kier alpha value is -1.48. The third-order valence-corrected chi connectivity index (χ3v) is 6.92. The molecule has 0 atom stereocenters. The van der Waals surface area contributed by atoms with E-state index in [4.69, 9.17) is 0 Å². The molecule has 0 heterocycles. The first-order valence-corrected chi connectivity index (χ1v) is 11.5. The van der Waals surface area contributed by atoms with Gasteiger partial charge in [0.15, 0.2) is 0 Å². The topological polar surface area (TPSA) is 0 Å². The largest absolute Gasteiger partial charge is 0.0951 e. The van der Waals surface area contributed by atoms with Crippen molar-refractivity contribution in [2.75, 3.05) is 0 Å². The molecule has 27 heavy (non-hydrogen) atoms. The van der Waals surface area contributed by atoms with Crippen LogP contribution in [0.25, 0.3) is 0 Å². The highest BCUT2D eigenvalue weighted by atomic mass is 14.3. The van der Waals surface area contributed by atoms with Crippen molar-refractivity contribution < 1.29 is 0 Å². The molecule has 0 unspecified atom stereocenters. The minimum Gasteiger partial charge on any atom is -0.0951 e. The molecule has 1 aromatic carbocycles. The van der Waals surface area contributed by atoms with Gasteiger partial charge in [-0.25, -0.2) is 0 Å². The molecule has 3 rings (SSSR count). The number of benzene rings is 1. The van der Waals surface area contributed by atoms with E-state index in [1.54, 1.807) is 5.56 Å². The molecular formula is C27H38. The van der Waals surface area contributed by atoms with Crippen molar-refractivity contribution in [2.24, 2.45) is 17.8 Å². The van der Waals surface area contributed by atoms with Gasteiger partial charge in [0.2, 0.25) is 0 Å². The second kappa shape index (κ2) is 10.8. The van der Waals surface area contributed by atoms with Gasteiger partial charge < -0.3 is 0 Å². The molecule has 0 radical (unpaired) electrons. The zero-order chi connectivity index (χ0) is 18.9. The van der Waals surface area contributed by atoms with Crippen LogP contribution < -0.4 is 0 Å². The van der Waals surface area contributed by atoms with Crippen molar-refractivity contribution >= 4 is 0 Å². The third kappa shape index (κ3) is 6.27. The predicted molar refractivity (Wildman–Crippen MR) is 118 cm³/mol. The SMILES string of the molecule is CCCc1ccc(C2CCC(C#C/C=C/C3CCC(CC)CC3)CC2)cc1. The fourth-order valence-corrected chi connectivity index (χ4v) is 4.96. The summed E-state index contributed by atoms with van der Waals surface area (Å²) in [6.45, 7) is 4.59. The lowest BCUT2D eigenvalue weighted by molar-refractivity contribution is 0.304. The summed E-state index contributed by atoms with van der Waals surface area (Å²) in [7, 11) is 0. The van der Waals surface area contributed by atoms with E-state index in [0.717, 1.165) is 17.8 Å². The van der Waals surface area contributed by atoms with Gasteiger partial charge in [-0.1, -0.05) is 68.9 Å². The number of aryl methyl sites for hydroxylation is 1. The van der Waals surface area contributed by atoms with Gasteiger partial charge in [-0.15, -0.1) is 0 Å². The van der Waals surface area contributed by atoms with Crippen molar-refractivity contribution in [2.45, 2.75) is 90.4 Å². The maximum Gasteiger partial charge on any atom is 0.0206 e. The van der Waals surface area contributed by atoms with E-state index in [9.17, 15) is 0 Å². The van der Waals surface area contributed by atoms with Gasteiger partial charge in [0.25, 0.3) is 0 Å². The summed E-state index contributed by atoms with van der Waals surface area (Å²) >= 11 is 0. The van der Waals surface area contributed by atoms with Crippen molar-refractivity contribution in [3.8, 4) is 11.8 Å². The molecule has 0 spiro atoms. The molecule has 0 heteroatoms. The second-order valence-electron chi connectivity index (χ2n) is 8.88. The van der Waals surface area contributed by atoms with Crippen molar-refractivity contribution in [1.82, 2.24) is 0 Å². The summed E-state index contributed by atoms with van der Waals surface area (Å²) in [6.07, 6.45) is 19.1. The smallest absolute Gasteiger partial charge is 0.0206 e. The third-order valence-electron chi connectivity index (χ3n) is 6.92. The molecule has 0 N–H and O–H groups in total. The van der Waals surface area contributed by atoms with Gasteiger partial charge in [0, 0.05) is 5.92 Å². The summed E-state index contributed by atoms with van der Waals surface area (Å²) in [6, 6.07) is 9.42. The lowest BCUT2D eigenvalue weighted by Crippen LogP contribution is -2.12. The van der Waals surface area contributed by atoms with Gasteiger partial charge in [-0.3, -0.25) is 0 Å². The first kappa shape index (κ1) is 20.3. The fraction of sp³-hybridized carbons (Fsp3) is 0.630. The Morgan fingerprint density at radius 1 is 0.889 bits per heavy atom. The molecule has 2 fully saturated rings. The van der Waals surface area contributed by atoms with E-state index in [2.05, 4.69) is 62.1 Å². The van der Waals surface area contributed by atoms with E-state index < -0.39 is 0 Å². The van der Waals surface area contributed by atoms with E-state index in [-0.39, 0.29) is 0 Å². The van der Waals surface area contributed by atoms with E-state index in [0.29, 0.717) is 5.92 Å². The highest BCUT2D eigenvalue weighted by Crippen LogP contribution is 2.35. The summed E-state index contributed by atoms with van der Waals surface area (Å²) in [5.74, 6) is 10.1. The lowest BCUT2D eigenvalue weighted by atomic mass is 9.78.